The summed E-state index contributed by atoms with van der Waals surface area (Å²) in [5, 5.41) is 6.21. The van der Waals surface area contributed by atoms with Gasteiger partial charge in [-0.25, -0.2) is 0 Å². The molecule has 0 radical (unpaired) electrons. The molecule has 1 saturated heterocycles. The number of likely N-dealkylation sites (N-methyl/N-ethyl adjacent to an activating group) is 1. The fraction of sp³-hybridized carbons (Fsp3) is 0.917. The van der Waals surface area contributed by atoms with Crippen LogP contribution < -0.4 is 10.6 Å². The van der Waals surface area contributed by atoms with E-state index < -0.39 is 0 Å². The summed E-state index contributed by atoms with van der Waals surface area (Å²) in [6.45, 7) is 10.2. The Morgan fingerprint density at radius 3 is 2.81 bits per heavy atom. The topological polar surface area (TPSA) is 44.4 Å². The molecule has 0 bridgehead atoms. The van der Waals surface area contributed by atoms with Gasteiger partial charge in [0.25, 0.3) is 0 Å². The van der Waals surface area contributed by atoms with Crippen molar-refractivity contribution >= 4 is 5.91 Å². The van der Waals surface area contributed by atoms with Gasteiger partial charge in [-0.1, -0.05) is 6.92 Å². The molecule has 0 saturated carbocycles. The predicted molar refractivity (Wildman–Crippen MR) is 66.4 cm³/mol. The number of carbonyl (C=O) groups excluding carboxylic acids is 1. The van der Waals surface area contributed by atoms with Gasteiger partial charge in [0.2, 0.25) is 5.91 Å². The molecule has 0 aromatic carbocycles. The van der Waals surface area contributed by atoms with Crippen LogP contribution in [0.2, 0.25) is 0 Å². The molecule has 2 N–H and O–H groups in total. The number of nitrogens with zero attached hydrogens (tertiary/aromatic N) is 1. The van der Waals surface area contributed by atoms with Crippen LogP contribution in [-0.4, -0.2) is 49.1 Å². The van der Waals surface area contributed by atoms with Crippen molar-refractivity contribution in [2.75, 3.05) is 26.2 Å². The second-order valence-electron chi connectivity index (χ2n) is 4.66. The normalized spacial score (nSPS) is 20.7. The molecule has 1 unspecified atom stereocenters. The zero-order valence-electron chi connectivity index (χ0n) is 10.8. The number of nitrogens with one attached hydrogen (secondary N) is 2. The van der Waals surface area contributed by atoms with Gasteiger partial charge in [-0.05, 0) is 39.8 Å². The fourth-order valence-corrected chi connectivity index (χ4v) is 2.14. The molecule has 0 spiro atoms. The quantitative estimate of drug-likeness (QED) is 0.698. The van der Waals surface area contributed by atoms with Crippen LogP contribution in [0.5, 0.6) is 0 Å². The molecule has 1 amide bonds. The van der Waals surface area contributed by atoms with E-state index in [9.17, 15) is 4.79 Å². The highest BCUT2D eigenvalue weighted by Crippen LogP contribution is 2.04. The Bertz CT molecular complexity index is 212. The Morgan fingerprint density at radius 2 is 2.31 bits per heavy atom. The van der Waals surface area contributed by atoms with E-state index in [0.717, 1.165) is 39.0 Å². The third kappa shape index (κ3) is 4.10. The molecule has 0 aliphatic carbocycles. The standard InChI is InChI=1S/C12H25N3O/c1-4-15(10(2)3)9-8-14-12(16)11-6-5-7-13-11/h10-11,13H,4-9H2,1-3H3,(H,14,16). The highest BCUT2D eigenvalue weighted by Gasteiger charge is 2.21. The van der Waals surface area contributed by atoms with E-state index in [4.69, 9.17) is 0 Å². The number of amides is 1. The van der Waals surface area contributed by atoms with Crippen molar-refractivity contribution in [3.05, 3.63) is 0 Å². The Balaban J connectivity index is 2.16. The molecule has 4 nitrogen and oxygen atoms in total. The van der Waals surface area contributed by atoms with Gasteiger partial charge in [-0.15, -0.1) is 0 Å². The second-order valence-corrected chi connectivity index (χ2v) is 4.66. The van der Waals surface area contributed by atoms with E-state index in [1.807, 2.05) is 0 Å². The zero-order chi connectivity index (χ0) is 12.0. The van der Waals surface area contributed by atoms with Crippen LogP contribution in [0.3, 0.4) is 0 Å². The largest absolute Gasteiger partial charge is 0.353 e. The highest BCUT2D eigenvalue weighted by molar-refractivity contribution is 5.81. The van der Waals surface area contributed by atoms with E-state index >= 15 is 0 Å². The van der Waals surface area contributed by atoms with E-state index in [0.29, 0.717) is 6.04 Å². The Kier molecular flexibility index (Phi) is 5.77. The van der Waals surface area contributed by atoms with E-state index in [1.54, 1.807) is 0 Å². The third-order valence-corrected chi connectivity index (χ3v) is 3.21. The van der Waals surface area contributed by atoms with Crippen LogP contribution in [-0.2, 0) is 4.79 Å². The Labute approximate surface area is 98.8 Å². The summed E-state index contributed by atoms with van der Waals surface area (Å²) >= 11 is 0. The molecule has 1 heterocycles. The summed E-state index contributed by atoms with van der Waals surface area (Å²) < 4.78 is 0. The van der Waals surface area contributed by atoms with E-state index in [1.165, 1.54) is 0 Å². The van der Waals surface area contributed by atoms with Gasteiger partial charge in [-0.2, -0.15) is 0 Å². The van der Waals surface area contributed by atoms with Crippen LogP contribution in [0, 0.1) is 0 Å². The fourth-order valence-electron chi connectivity index (χ4n) is 2.14. The number of hydrogen-bond acceptors (Lipinski definition) is 3. The minimum absolute atomic E-state index is 0.0501. The molecule has 16 heavy (non-hydrogen) atoms. The molecule has 94 valence electrons. The zero-order valence-corrected chi connectivity index (χ0v) is 10.8. The van der Waals surface area contributed by atoms with Crippen molar-refractivity contribution in [3.63, 3.8) is 0 Å². The lowest BCUT2D eigenvalue weighted by Gasteiger charge is -2.25. The molecule has 1 aliphatic rings. The van der Waals surface area contributed by atoms with Gasteiger partial charge in [0.05, 0.1) is 6.04 Å². The predicted octanol–water partition coefficient (Wildman–Crippen LogP) is 0.585. The molecule has 1 fully saturated rings. The summed E-state index contributed by atoms with van der Waals surface area (Å²) in [7, 11) is 0. The van der Waals surface area contributed by atoms with Crippen LogP contribution in [0.15, 0.2) is 0 Å². The average molecular weight is 227 g/mol. The van der Waals surface area contributed by atoms with Gasteiger partial charge < -0.3 is 10.6 Å². The summed E-state index contributed by atoms with van der Waals surface area (Å²) in [4.78, 5) is 14.0. The van der Waals surface area contributed by atoms with Crippen LogP contribution in [0.25, 0.3) is 0 Å². The SMILES string of the molecule is CCN(CCNC(=O)C1CCCN1)C(C)C. The maximum Gasteiger partial charge on any atom is 0.237 e. The van der Waals surface area contributed by atoms with Gasteiger partial charge >= 0.3 is 0 Å². The van der Waals surface area contributed by atoms with Crippen molar-refractivity contribution < 1.29 is 4.79 Å². The van der Waals surface area contributed by atoms with E-state index in [-0.39, 0.29) is 11.9 Å². The summed E-state index contributed by atoms with van der Waals surface area (Å²) in [5.41, 5.74) is 0. The molecular formula is C12H25N3O. The Morgan fingerprint density at radius 1 is 1.56 bits per heavy atom. The smallest absolute Gasteiger partial charge is 0.237 e. The Hall–Kier alpha value is -0.610. The molecule has 1 atom stereocenters. The number of rotatable bonds is 6. The summed E-state index contributed by atoms with van der Waals surface area (Å²) in [6.07, 6.45) is 2.10. The molecule has 1 aliphatic heterocycles. The first-order valence-electron chi connectivity index (χ1n) is 6.40. The first-order chi connectivity index (χ1) is 7.65. The van der Waals surface area contributed by atoms with Crippen molar-refractivity contribution in [3.8, 4) is 0 Å². The van der Waals surface area contributed by atoms with Crippen LogP contribution in [0.1, 0.15) is 33.6 Å². The first-order valence-corrected chi connectivity index (χ1v) is 6.40. The molecule has 0 aromatic heterocycles. The third-order valence-electron chi connectivity index (χ3n) is 3.21. The first kappa shape index (κ1) is 13.5. The average Bonchev–Trinajstić information content (AvgIpc) is 2.76. The maximum atomic E-state index is 11.7. The minimum Gasteiger partial charge on any atom is -0.353 e. The van der Waals surface area contributed by atoms with Crippen molar-refractivity contribution in [2.24, 2.45) is 0 Å². The van der Waals surface area contributed by atoms with Gasteiger partial charge in [0, 0.05) is 19.1 Å². The molecular weight excluding hydrogens is 202 g/mol. The minimum atomic E-state index is 0.0501. The van der Waals surface area contributed by atoms with E-state index in [2.05, 4.69) is 36.3 Å². The summed E-state index contributed by atoms with van der Waals surface area (Å²) in [6, 6.07) is 0.598. The monoisotopic (exact) mass is 227 g/mol. The molecule has 4 heteroatoms. The van der Waals surface area contributed by atoms with Gasteiger partial charge in [0.15, 0.2) is 0 Å². The molecule has 0 aromatic rings. The summed E-state index contributed by atoms with van der Waals surface area (Å²) in [5.74, 6) is 0.164. The van der Waals surface area contributed by atoms with Crippen molar-refractivity contribution in [1.29, 1.82) is 0 Å². The lowest BCUT2D eigenvalue weighted by atomic mass is 10.2. The lowest BCUT2D eigenvalue weighted by Crippen LogP contribution is -2.44. The lowest BCUT2D eigenvalue weighted by molar-refractivity contribution is -0.122. The number of carbonyl (C=O) groups is 1. The van der Waals surface area contributed by atoms with Gasteiger partial charge in [-0.3, -0.25) is 9.69 Å². The van der Waals surface area contributed by atoms with Crippen molar-refractivity contribution in [2.45, 2.75) is 45.7 Å². The highest BCUT2D eigenvalue weighted by atomic mass is 16.2. The van der Waals surface area contributed by atoms with Gasteiger partial charge in [0.1, 0.15) is 0 Å². The molecule has 1 rings (SSSR count). The number of hydrogen-bond donors (Lipinski definition) is 2. The van der Waals surface area contributed by atoms with Crippen LogP contribution >= 0.6 is 0 Å². The second kappa shape index (κ2) is 6.86. The maximum absolute atomic E-state index is 11.7. The van der Waals surface area contributed by atoms with Crippen molar-refractivity contribution in [1.82, 2.24) is 15.5 Å². The van der Waals surface area contributed by atoms with Crippen LogP contribution in [0.4, 0.5) is 0 Å².